The zero-order valence-electron chi connectivity index (χ0n) is 15.5. The van der Waals surface area contributed by atoms with Gasteiger partial charge in [-0.15, -0.1) is 0 Å². The third kappa shape index (κ3) is 3.76. The second-order valence-electron chi connectivity index (χ2n) is 7.42. The molecule has 6 nitrogen and oxygen atoms in total. The van der Waals surface area contributed by atoms with Crippen molar-refractivity contribution in [3.63, 3.8) is 0 Å². The van der Waals surface area contributed by atoms with Crippen LogP contribution in [0.15, 0.2) is 54.7 Å². The van der Waals surface area contributed by atoms with E-state index >= 15 is 0 Å². The molecule has 2 aromatic heterocycles. The molecular weight excluding hydrogens is 376 g/mol. The van der Waals surface area contributed by atoms with Gasteiger partial charge in [0.2, 0.25) is 5.91 Å². The van der Waals surface area contributed by atoms with E-state index in [2.05, 4.69) is 4.98 Å². The smallest absolute Gasteiger partial charge is 0.244 e. The van der Waals surface area contributed by atoms with Gasteiger partial charge in [0.25, 0.3) is 0 Å². The lowest BCUT2D eigenvalue weighted by Gasteiger charge is -2.39. The quantitative estimate of drug-likeness (QED) is 0.662. The van der Waals surface area contributed by atoms with Crippen molar-refractivity contribution < 1.29 is 9.90 Å². The molecule has 1 aliphatic rings. The molecule has 7 heteroatoms. The van der Waals surface area contributed by atoms with Crippen molar-refractivity contribution in [3.8, 4) is 0 Å². The number of nitrogens with two attached hydrogens (primary N) is 1. The van der Waals surface area contributed by atoms with Crippen molar-refractivity contribution in [2.45, 2.75) is 31.0 Å². The molecule has 0 aliphatic carbocycles. The summed E-state index contributed by atoms with van der Waals surface area (Å²) in [6.45, 7) is 1.42. The Morgan fingerprint density at radius 1 is 1.18 bits per heavy atom. The van der Waals surface area contributed by atoms with Crippen LogP contribution < -0.4 is 5.73 Å². The number of hydrogen-bond acceptors (Lipinski definition) is 4. The first kappa shape index (κ1) is 18.9. The topological polar surface area (TPSA) is 84.4 Å². The molecule has 0 unspecified atom stereocenters. The number of aromatic nitrogens is 2. The highest BCUT2D eigenvalue weighted by Gasteiger charge is 2.35. The third-order valence-corrected chi connectivity index (χ3v) is 5.70. The van der Waals surface area contributed by atoms with Crippen LogP contribution in [0.1, 0.15) is 24.4 Å². The Balaban J connectivity index is 1.42. The summed E-state index contributed by atoms with van der Waals surface area (Å²) in [4.78, 5) is 18.8. The molecule has 1 amide bonds. The van der Waals surface area contributed by atoms with Crippen LogP contribution in [0.25, 0.3) is 11.0 Å². The Kier molecular flexibility index (Phi) is 5.10. The van der Waals surface area contributed by atoms with Gasteiger partial charge in [0.15, 0.2) is 0 Å². The number of nitrogens with zero attached hydrogens (tertiary/aromatic N) is 3. The van der Waals surface area contributed by atoms with Crippen LogP contribution >= 0.6 is 11.6 Å². The molecule has 28 heavy (non-hydrogen) atoms. The van der Waals surface area contributed by atoms with E-state index in [4.69, 9.17) is 17.3 Å². The van der Waals surface area contributed by atoms with E-state index in [1.807, 2.05) is 53.2 Å². The summed E-state index contributed by atoms with van der Waals surface area (Å²) in [5.41, 5.74) is 7.81. The van der Waals surface area contributed by atoms with Gasteiger partial charge >= 0.3 is 0 Å². The lowest BCUT2D eigenvalue weighted by Crippen LogP contribution is -2.50. The second-order valence-corrected chi connectivity index (χ2v) is 7.81. The Bertz CT molecular complexity index is 980. The maximum Gasteiger partial charge on any atom is 0.244 e. The van der Waals surface area contributed by atoms with E-state index in [-0.39, 0.29) is 5.91 Å². The number of rotatable bonds is 4. The van der Waals surface area contributed by atoms with E-state index in [9.17, 15) is 9.90 Å². The molecule has 0 spiro atoms. The fraction of sp³-hybridized carbons (Fsp3) is 0.333. The molecular formula is C21H23ClN4O2. The first-order valence-electron chi connectivity index (χ1n) is 9.38. The molecule has 1 aromatic carbocycles. The molecule has 3 heterocycles. The van der Waals surface area contributed by atoms with Gasteiger partial charge < -0.3 is 20.3 Å². The normalized spacial score (nSPS) is 17.6. The van der Waals surface area contributed by atoms with Gasteiger partial charge in [-0.2, -0.15) is 0 Å². The Morgan fingerprint density at radius 3 is 2.61 bits per heavy atom. The molecule has 0 radical (unpaired) electrons. The maximum absolute atomic E-state index is 12.7. The minimum atomic E-state index is -0.876. The summed E-state index contributed by atoms with van der Waals surface area (Å²) in [6.07, 6.45) is 2.91. The summed E-state index contributed by atoms with van der Waals surface area (Å²) in [5.74, 6) is -0.0986. The van der Waals surface area contributed by atoms with Crippen LogP contribution in [0.5, 0.6) is 0 Å². The standard InChI is InChI=1S/C21H23ClN4O2/c22-18-7-6-17-16(24-18)8-11-26(17)14-21(28)9-12-25(13-10-21)20(27)19(23)15-4-2-1-3-5-15/h1-8,11,19,28H,9-10,12-14,23H2/t19-/m1/s1. The van der Waals surface area contributed by atoms with E-state index in [0.717, 1.165) is 16.6 Å². The number of piperidine rings is 1. The zero-order valence-corrected chi connectivity index (χ0v) is 16.2. The summed E-state index contributed by atoms with van der Waals surface area (Å²) in [7, 11) is 0. The number of benzene rings is 1. The highest BCUT2D eigenvalue weighted by molar-refractivity contribution is 6.29. The van der Waals surface area contributed by atoms with Gasteiger partial charge in [-0.3, -0.25) is 4.79 Å². The van der Waals surface area contributed by atoms with E-state index in [1.54, 1.807) is 11.0 Å². The van der Waals surface area contributed by atoms with Gasteiger partial charge in [0, 0.05) is 19.3 Å². The number of halogens is 1. The van der Waals surface area contributed by atoms with E-state index in [0.29, 0.717) is 37.6 Å². The second kappa shape index (κ2) is 7.54. The molecule has 3 aromatic rings. The number of carbonyl (C=O) groups is 1. The molecule has 146 valence electrons. The molecule has 1 fully saturated rings. The first-order chi connectivity index (χ1) is 13.5. The van der Waals surface area contributed by atoms with Gasteiger partial charge in [0.05, 0.1) is 23.2 Å². The van der Waals surface area contributed by atoms with Crippen molar-refractivity contribution in [1.82, 2.24) is 14.5 Å². The molecule has 0 bridgehead atoms. The third-order valence-electron chi connectivity index (χ3n) is 5.49. The molecule has 4 rings (SSSR count). The SMILES string of the molecule is N[C@@H](C(=O)N1CCC(O)(Cn2ccc3nc(Cl)ccc32)CC1)c1ccccc1. The minimum absolute atomic E-state index is 0.0986. The molecule has 3 N–H and O–H groups in total. The summed E-state index contributed by atoms with van der Waals surface area (Å²) in [6, 6.07) is 14.2. The van der Waals surface area contributed by atoms with Gasteiger partial charge in [-0.25, -0.2) is 4.98 Å². The Hall–Kier alpha value is -2.41. The van der Waals surface area contributed by atoms with Crippen LogP contribution in [0.4, 0.5) is 0 Å². The van der Waals surface area contributed by atoms with Crippen molar-refractivity contribution in [3.05, 3.63) is 65.4 Å². The number of carbonyl (C=O) groups excluding carboxylic acids is 1. The highest BCUT2D eigenvalue weighted by atomic mass is 35.5. The Morgan fingerprint density at radius 2 is 1.89 bits per heavy atom. The number of aliphatic hydroxyl groups is 1. The molecule has 1 saturated heterocycles. The highest BCUT2D eigenvalue weighted by Crippen LogP contribution is 2.28. The number of likely N-dealkylation sites (tertiary alicyclic amines) is 1. The van der Waals surface area contributed by atoms with E-state index < -0.39 is 11.6 Å². The molecule has 1 aliphatic heterocycles. The first-order valence-corrected chi connectivity index (χ1v) is 9.76. The van der Waals surface area contributed by atoms with Gasteiger partial charge in [-0.1, -0.05) is 41.9 Å². The summed E-state index contributed by atoms with van der Waals surface area (Å²) < 4.78 is 1.99. The summed E-state index contributed by atoms with van der Waals surface area (Å²) in [5, 5.41) is 11.5. The van der Waals surface area contributed by atoms with Crippen LogP contribution in [0, 0.1) is 0 Å². The lowest BCUT2D eigenvalue weighted by atomic mass is 9.90. The van der Waals surface area contributed by atoms with Crippen molar-refractivity contribution >= 4 is 28.5 Å². The number of pyridine rings is 1. The lowest BCUT2D eigenvalue weighted by molar-refractivity contribution is -0.137. The number of amides is 1. The fourth-order valence-corrected chi connectivity index (χ4v) is 3.96. The monoisotopic (exact) mass is 398 g/mol. The maximum atomic E-state index is 12.7. The Labute approximate surface area is 168 Å². The van der Waals surface area contributed by atoms with Crippen LogP contribution in [-0.2, 0) is 11.3 Å². The van der Waals surface area contributed by atoms with Crippen LogP contribution in [0.2, 0.25) is 5.15 Å². The average molecular weight is 399 g/mol. The van der Waals surface area contributed by atoms with Crippen molar-refractivity contribution in [2.75, 3.05) is 13.1 Å². The largest absolute Gasteiger partial charge is 0.388 e. The van der Waals surface area contributed by atoms with Crippen molar-refractivity contribution in [2.24, 2.45) is 5.73 Å². The number of fused-ring (bicyclic) bond motifs is 1. The molecule has 0 saturated carbocycles. The average Bonchev–Trinajstić information content (AvgIpc) is 3.09. The van der Waals surface area contributed by atoms with Gasteiger partial charge in [-0.05, 0) is 36.6 Å². The van der Waals surface area contributed by atoms with Crippen LogP contribution in [-0.4, -0.2) is 44.2 Å². The van der Waals surface area contributed by atoms with Gasteiger partial charge in [0.1, 0.15) is 11.2 Å². The molecule has 1 atom stereocenters. The van der Waals surface area contributed by atoms with E-state index in [1.165, 1.54) is 0 Å². The van der Waals surface area contributed by atoms with Crippen molar-refractivity contribution in [1.29, 1.82) is 0 Å². The van der Waals surface area contributed by atoms with Crippen LogP contribution in [0.3, 0.4) is 0 Å². The predicted octanol–water partition coefficient (Wildman–Crippen LogP) is 2.74. The predicted molar refractivity (Wildman–Crippen MR) is 109 cm³/mol. The fourth-order valence-electron chi connectivity index (χ4n) is 3.81. The summed E-state index contributed by atoms with van der Waals surface area (Å²) >= 11 is 5.95. The minimum Gasteiger partial charge on any atom is -0.388 e. The zero-order chi connectivity index (χ0) is 19.7. The number of hydrogen-bond donors (Lipinski definition) is 2.